The van der Waals surface area contributed by atoms with Crippen LogP contribution < -0.4 is 14.5 Å². The number of carbonyl (C=O) groups is 1. The van der Waals surface area contributed by atoms with Gasteiger partial charge in [0, 0.05) is 43.3 Å². The fourth-order valence-corrected chi connectivity index (χ4v) is 6.82. The van der Waals surface area contributed by atoms with E-state index < -0.39 is 17.8 Å². The molecule has 2 fully saturated rings. The number of amides is 1. The summed E-state index contributed by atoms with van der Waals surface area (Å²) in [6.07, 6.45) is 4.25. The average molecular weight is 604 g/mol. The van der Waals surface area contributed by atoms with Crippen LogP contribution >= 0.6 is 11.6 Å². The minimum absolute atomic E-state index is 0.0647. The van der Waals surface area contributed by atoms with Crippen LogP contribution in [0.3, 0.4) is 0 Å². The van der Waals surface area contributed by atoms with Crippen LogP contribution in [0.4, 0.5) is 21.6 Å². The Morgan fingerprint density at radius 1 is 1.16 bits per heavy atom. The van der Waals surface area contributed by atoms with Crippen molar-refractivity contribution >= 4 is 45.6 Å². The van der Waals surface area contributed by atoms with E-state index in [4.69, 9.17) is 26.3 Å². The first-order valence-corrected chi connectivity index (χ1v) is 15.2. The molecule has 3 aliphatic rings. The van der Waals surface area contributed by atoms with Crippen LogP contribution in [0.2, 0.25) is 5.02 Å². The zero-order valence-electron chi connectivity index (χ0n) is 24.3. The molecule has 6 rings (SSSR count). The lowest BCUT2D eigenvalue weighted by atomic mass is 10.0. The average Bonchev–Trinajstić information content (AvgIpc) is 3.43. The van der Waals surface area contributed by atoms with Gasteiger partial charge in [-0.25, -0.2) is 4.39 Å². The lowest BCUT2D eigenvalue weighted by Gasteiger charge is -2.41. The summed E-state index contributed by atoms with van der Waals surface area (Å²) in [5, 5.41) is 11.0. The molecule has 2 saturated heterocycles. The molecular weight excluding hydrogens is 569 g/mol. The van der Waals surface area contributed by atoms with Crippen LogP contribution in [-0.2, 0) is 11.2 Å². The molecule has 2 atom stereocenters. The molecule has 224 valence electrons. The number of hydrogen-bond acceptors (Lipinski definition) is 8. The molecule has 4 heterocycles. The summed E-state index contributed by atoms with van der Waals surface area (Å²) >= 11 is 6.69. The van der Waals surface area contributed by atoms with Crippen LogP contribution in [-0.4, -0.2) is 84.1 Å². The summed E-state index contributed by atoms with van der Waals surface area (Å²) in [6, 6.07) is 14.4. The quantitative estimate of drug-likeness (QED) is 0.338. The van der Waals surface area contributed by atoms with E-state index in [0.717, 1.165) is 66.1 Å². The highest BCUT2D eigenvalue weighted by atomic mass is 35.5. The number of likely N-dealkylation sites (tertiary alicyclic amines) is 1. The zero-order valence-corrected chi connectivity index (χ0v) is 25.1. The lowest BCUT2D eigenvalue weighted by molar-refractivity contribution is -0.131. The van der Waals surface area contributed by atoms with E-state index in [-0.39, 0.29) is 19.0 Å². The Bertz CT molecular complexity index is 1590. The van der Waals surface area contributed by atoms with E-state index in [9.17, 15) is 14.4 Å². The van der Waals surface area contributed by atoms with Crippen LogP contribution in [0.1, 0.15) is 31.2 Å². The van der Waals surface area contributed by atoms with E-state index in [1.807, 2.05) is 29.2 Å². The molecule has 0 bridgehead atoms. The smallest absolute Gasteiger partial charge is 0.319 e. The molecule has 0 N–H and O–H groups in total. The van der Waals surface area contributed by atoms with E-state index in [0.29, 0.717) is 31.6 Å². The first-order chi connectivity index (χ1) is 20.8. The summed E-state index contributed by atoms with van der Waals surface area (Å²) in [5.74, 6) is -1.14. The predicted molar refractivity (Wildman–Crippen MR) is 166 cm³/mol. The minimum atomic E-state index is -1.02. The fraction of sp³-hybridized carbons (Fsp3) is 0.438. The second-order valence-electron chi connectivity index (χ2n) is 11.5. The number of likely N-dealkylation sites (N-methyl/N-ethyl adjacent to an activating group) is 1. The Labute approximate surface area is 256 Å². The molecular formula is C32H35ClFN7O2. The molecule has 0 saturated carbocycles. The number of fused-ring (bicyclic) bond motifs is 2. The van der Waals surface area contributed by atoms with E-state index in [1.165, 1.54) is 10.5 Å². The zero-order chi connectivity index (χ0) is 30.1. The molecule has 0 spiro atoms. The third kappa shape index (κ3) is 5.84. The molecule has 1 aromatic heterocycles. The molecule has 3 aromatic rings. The third-order valence-electron chi connectivity index (χ3n) is 8.80. The van der Waals surface area contributed by atoms with Crippen LogP contribution in [0.5, 0.6) is 6.01 Å². The topological polar surface area (TPSA) is 88.8 Å². The molecule has 9 nitrogen and oxygen atoms in total. The van der Waals surface area contributed by atoms with Crippen LogP contribution in [0.25, 0.3) is 10.9 Å². The normalized spacial score (nSPS) is 20.7. The van der Waals surface area contributed by atoms with Gasteiger partial charge in [0.15, 0.2) is 5.83 Å². The highest BCUT2D eigenvalue weighted by Crippen LogP contribution is 2.40. The second-order valence-corrected chi connectivity index (χ2v) is 11.9. The Hall–Kier alpha value is -3.94. The second kappa shape index (κ2) is 12.3. The number of aromatic nitrogens is 2. The van der Waals surface area contributed by atoms with Crippen molar-refractivity contribution in [3.63, 3.8) is 0 Å². The minimum Gasteiger partial charge on any atom is -0.462 e. The number of piperazine rings is 1. The number of aryl methyl sites for hydroxylation is 1. The molecule has 0 aliphatic carbocycles. The van der Waals surface area contributed by atoms with Gasteiger partial charge in [-0.05, 0) is 69.1 Å². The summed E-state index contributed by atoms with van der Waals surface area (Å²) in [6.45, 7) is 6.50. The maximum atomic E-state index is 13.8. The molecule has 2 aromatic carbocycles. The number of nitriles is 1. The Morgan fingerprint density at radius 2 is 2.02 bits per heavy atom. The highest BCUT2D eigenvalue weighted by molar-refractivity contribution is 6.33. The Kier molecular flexibility index (Phi) is 8.37. The number of hydrogen-bond donors (Lipinski definition) is 0. The highest BCUT2D eigenvalue weighted by Gasteiger charge is 2.33. The number of ether oxygens (including phenoxy) is 1. The number of nitrogens with zero attached hydrogens (tertiary/aromatic N) is 7. The van der Waals surface area contributed by atoms with Crippen molar-refractivity contribution in [2.45, 2.75) is 44.2 Å². The number of carbonyl (C=O) groups excluding carboxylic acids is 1. The van der Waals surface area contributed by atoms with Gasteiger partial charge in [-0.1, -0.05) is 30.3 Å². The standard InChI is InChI=1S/C32H35ClFN7O2/c1-21(34)31(42)41-17-16-39(19-24(41)12-13-35)30-26-11-10-23(40-15-4-7-22-6-3-9-27(33)29(22)40)18-28(26)36-32(37-30)43-20-25-8-5-14-38(25)2/h3,6,9-11,18,24-25H,1,4-5,7-8,12,14-17,19-20H2,2H3/t24-,25-/m0/s1. The van der Waals surface area contributed by atoms with Crippen LogP contribution in [0, 0.1) is 11.3 Å². The Balaban J connectivity index is 1.38. The first kappa shape index (κ1) is 29.1. The van der Waals surface area contributed by atoms with E-state index in [1.54, 1.807) is 0 Å². The number of para-hydroxylation sites is 1. The lowest BCUT2D eigenvalue weighted by Crippen LogP contribution is -2.55. The van der Waals surface area contributed by atoms with Gasteiger partial charge in [-0.2, -0.15) is 15.2 Å². The van der Waals surface area contributed by atoms with E-state index >= 15 is 0 Å². The SMILES string of the molecule is C=C(F)C(=O)N1CCN(c2nc(OC[C@@H]3CCCN3C)nc3cc(N4CCCc5cccc(Cl)c54)ccc23)C[C@@H]1CC#N. The van der Waals surface area contributed by atoms with Crippen molar-refractivity contribution in [3.05, 3.63) is 59.4 Å². The third-order valence-corrected chi connectivity index (χ3v) is 9.10. The molecule has 43 heavy (non-hydrogen) atoms. The van der Waals surface area contributed by atoms with Gasteiger partial charge in [0.2, 0.25) is 0 Å². The number of halogens is 2. The first-order valence-electron chi connectivity index (χ1n) is 14.8. The van der Waals surface area contributed by atoms with Crippen molar-refractivity contribution in [2.24, 2.45) is 0 Å². The number of anilines is 3. The van der Waals surface area contributed by atoms with Gasteiger partial charge in [-0.3, -0.25) is 4.79 Å². The largest absolute Gasteiger partial charge is 0.462 e. The summed E-state index contributed by atoms with van der Waals surface area (Å²) in [4.78, 5) is 30.2. The van der Waals surface area contributed by atoms with Crippen molar-refractivity contribution < 1.29 is 13.9 Å². The van der Waals surface area contributed by atoms with Gasteiger partial charge in [0.05, 0.1) is 34.8 Å². The fourth-order valence-electron chi connectivity index (χ4n) is 6.53. The molecule has 3 aliphatic heterocycles. The molecule has 0 unspecified atom stereocenters. The van der Waals surface area contributed by atoms with Crippen molar-refractivity contribution in [1.29, 1.82) is 5.26 Å². The number of benzene rings is 2. The maximum absolute atomic E-state index is 13.8. The summed E-state index contributed by atoms with van der Waals surface area (Å²) in [5.41, 5.74) is 3.95. The molecule has 1 amide bonds. The van der Waals surface area contributed by atoms with Crippen molar-refractivity contribution in [3.8, 4) is 12.1 Å². The summed E-state index contributed by atoms with van der Waals surface area (Å²) < 4.78 is 20.0. The van der Waals surface area contributed by atoms with Gasteiger partial charge in [0.25, 0.3) is 5.91 Å². The summed E-state index contributed by atoms with van der Waals surface area (Å²) in [7, 11) is 2.10. The van der Waals surface area contributed by atoms with Gasteiger partial charge in [-0.15, -0.1) is 0 Å². The van der Waals surface area contributed by atoms with Gasteiger partial charge >= 0.3 is 6.01 Å². The monoisotopic (exact) mass is 603 g/mol. The van der Waals surface area contributed by atoms with Gasteiger partial charge in [0.1, 0.15) is 12.4 Å². The van der Waals surface area contributed by atoms with Crippen molar-refractivity contribution in [1.82, 2.24) is 19.8 Å². The number of rotatable bonds is 7. The molecule has 0 radical (unpaired) electrons. The van der Waals surface area contributed by atoms with Crippen LogP contribution in [0.15, 0.2) is 48.8 Å². The predicted octanol–water partition coefficient (Wildman–Crippen LogP) is 5.25. The van der Waals surface area contributed by atoms with Gasteiger partial charge < -0.3 is 24.3 Å². The molecule has 11 heteroatoms. The van der Waals surface area contributed by atoms with Crippen molar-refractivity contribution in [2.75, 3.05) is 56.2 Å². The Morgan fingerprint density at radius 3 is 2.79 bits per heavy atom. The maximum Gasteiger partial charge on any atom is 0.319 e. The van der Waals surface area contributed by atoms with E-state index in [2.05, 4.69) is 41.6 Å².